The van der Waals surface area contributed by atoms with Gasteiger partial charge in [0.2, 0.25) is 11.8 Å². The summed E-state index contributed by atoms with van der Waals surface area (Å²) >= 11 is 0. The smallest absolute Gasteiger partial charge is 0.259 e. The second-order valence-corrected chi connectivity index (χ2v) is 9.60. The van der Waals surface area contributed by atoms with Crippen molar-refractivity contribution in [1.29, 1.82) is 5.26 Å². The summed E-state index contributed by atoms with van der Waals surface area (Å²) in [5, 5.41) is 25.8. The summed E-state index contributed by atoms with van der Waals surface area (Å²) in [5.74, 6) is -6.95. The second kappa shape index (κ2) is 8.95. The van der Waals surface area contributed by atoms with E-state index in [1.165, 1.54) is 6.92 Å². The third-order valence-electron chi connectivity index (χ3n) is 7.35. The van der Waals surface area contributed by atoms with Crippen LogP contribution in [0.1, 0.15) is 44.6 Å². The molecule has 3 saturated heterocycles. The molecule has 5 rings (SSSR count). The fraction of sp³-hybridized carbons (Fsp3) is 0.583. The minimum Gasteiger partial charge on any atom is -0.376 e. The molecule has 10 heteroatoms. The molecule has 0 radical (unpaired) electrons. The SMILES string of the molecule is C[C@@](O)(C(=O)N1[C@@H]2CC[C@H]([C@@H]1C(=O)N[C@H](C#N)C[C@H]1CCNC1=O)C(F)(F)C2)c1ccccc1. The number of hydrogen-bond donors (Lipinski definition) is 3. The van der Waals surface area contributed by atoms with Crippen molar-refractivity contribution in [3.05, 3.63) is 35.9 Å². The molecule has 34 heavy (non-hydrogen) atoms. The molecule has 6 atom stereocenters. The number of carbonyl (C=O) groups is 3. The number of carbonyl (C=O) groups excluding carboxylic acids is 3. The maximum absolute atomic E-state index is 14.9. The van der Waals surface area contributed by atoms with Crippen LogP contribution in [-0.2, 0) is 20.0 Å². The van der Waals surface area contributed by atoms with Crippen molar-refractivity contribution in [2.24, 2.45) is 11.8 Å². The molecule has 3 N–H and O–H groups in total. The van der Waals surface area contributed by atoms with Gasteiger partial charge in [-0.25, -0.2) is 8.78 Å². The Balaban J connectivity index is 1.60. The van der Waals surface area contributed by atoms with Crippen LogP contribution in [0.3, 0.4) is 0 Å². The van der Waals surface area contributed by atoms with E-state index in [2.05, 4.69) is 10.6 Å². The van der Waals surface area contributed by atoms with E-state index in [0.717, 1.165) is 4.90 Å². The molecule has 4 fully saturated rings. The number of alkyl halides is 2. The Hall–Kier alpha value is -3.06. The molecule has 1 aromatic rings. The number of rotatable bonds is 6. The van der Waals surface area contributed by atoms with Gasteiger partial charge in [-0.2, -0.15) is 5.26 Å². The van der Waals surface area contributed by atoms with Gasteiger partial charge in [0.15, 0.2) is 5.60 Å². The van der Waals surface area contributed by atoms with Crippen molar-refractivity contribution in [3.63, 3.8) is 0 Å². The minimum absolute atomic E-state index is 0.0509. The summed E-state index contributed by atoms with van der Waals surface area (Å²) in [6, 6.07) is 6.55. The molecule has 3 amide bonds. The fourth-order valence-electron chi connectivity index (χ4n) is 5.49. The molecular weight excluding hydrogens is 446 g/mol. The molecule has 182 valence electrons. The number of halogens is 2. The van der Waals surface area contributed by atoms with Crippen LogP contribution in [0.2, 0.25) is 0 Å². The minimum atomic E-state index is -3.16. The maximum atomic E-state index is 14.9. The van der Waals surface area contributed by atoms with Gasteiger partial charge in [-0.05, 0) is 38.2 Å². The van der Waals surface area contributed by atoms with E-state index in [9.17, 15) is 33.5 Å². The first-order valence-corrected chi connectivity index (χ1v) is 11.5. The zero-order chi connectivity index (χ0) is 24.7. The zero-order valence-electron chi connectivity index (χ0n) is 18.8. The molecule has 2 bridgehead atoms. The van der Waals surface area contributed by atoms with E-state index in [1.807, 2.05) is 6.07 Å². The van der Waals surface area contributed by atoms with Gasteiger partial charge in [0.1, 0.15) is 12.1 Å². The number of amides is 3. The monoisotopic (exact) mass is 474 g/mol. The average molecular weight is 475 g/mol. The number of nitrogens with zero attached hydrogens (tertiary/aromatic N) is 2. The highest BCUT2D eigenvalue weighted by Crippen LogP contribution is 2.50. The predicted molar refractivity (Wildman–Crippen MR) is 116 cm³/mol. The lowest BCUT2D eigenvalue weighted by Crippen LogP contribution is -2.70. The molecule has 4 aliphatic rings. The third kappa shape index (κ3) is 4.25. The van der Waals surface area contributed by atoms with Crippen molar-refractivity contribution in [3.8, 4) is 6.07 Å². The van der Waals surface area contributed by atoms with E-state index in [0.29, 0.717) is 19.4 Å². The van der Waals surface area contributed by atoms with Gasteiger partial charge >= 0.3 is 0 Å². The molecule has 1 aliphatic carbocycles. The van der Waals surface area contributed by atoms with Gasteiger partial charge in [0.05, 0.1) is 12.0 Å². The number of nitriles is 1. The highest BCUT2D eigenvalue weighted by molar-refractivity contribution is 5.93. The first kappa shape index (κ1) is 24.1. The van der Waals surface area contributed by atoms with Crippen molar-refractivity contribution in [2.45, 2.75) is 68.7 Å². The molecule has 1 saturated carbocycles. The summed E-state index contributed by atoms with van der Waals surface area (Å²) in [6.07, 6.45) is 0.340. The lowest BCUT2D eigenvalue weighted by molar-refractivity contribution is -0.203. The Morgan fingerprint density at radius 2 is 2.03 bits per heavy atom. The number of piperidine rings is 2. The summed E-state index contributed by atoms with van der Waals surface area (Å²) in [4.78, 5) is 39.8. The summed E-state index contributed by atoms with van der Waals surface area (Å²) in [5.41, 5.74) is -1.74. The molecular formula is C24H28F2N4O4. The average Bonchev–Trinajstić information content (AvgIpc) is 3.21. The quantitative estimate of drug-likeness (QED) is 0.576. The zero-order valence-corrected chi connectivity index (χ0v) is 18.8. The van der Waals surface area contributed by atoms with Crippen molar-refractivity contribution in [1.82, 2.24) is 15.5 Å². The normalized spacial score (nSPS) is 30.1. The molecule has 0 spiro atoms. The Bertz CT molecular complexity index is 1010. The van der Waals surface area contributed by atoms with Crippen molar-refractivity contribution in [2.75, 3.05) is 6.54 Å². The Kier molecular flexibility index (Phi) is 6.34. The molecule has 3 aliphatic heterocycles. The highest BCUT2D eigenvalue weighted by Gasteiger charge is 2.62. The van der Waals surface area contributed by atoms with Gasteiger partial charge in [0.25, 0.3) is 11.8 Å². The molecule has 1 aromatic carbocycles. The predicted octanol–water partition coefficient (Wildman–Crippen LogP) is 1.44. The largest absolute Gasteiger partial charge is 0.376 e. The van der Waals surface area contributed by atoms with E-state index in [4.69, 9.17) is 0 Å². The molecule has 8 nitrogen and oxygen atoms in total. The van der Waals surface area contributed by atoms with Crippen LogP contribution in [-0.4, -0.2) is 58.3 Å². The van der Waals surface area contributed by atoms with Crippen molar-refractivity contribution < 1.29 is 28.3 Å². The summed E-state index contributed by atoms with van der Waals surface area (Å²) in [7, 11) is 0. The van der Waals surface area contributed by atoms with Crippen LogP contribution in [0.25, 0.3) is 0 Å². The molecule has 0 aromatic heterocycles. The van der Waals surface area contributed by atoms with Gasteiger partial charge in [-0.1, -0.05) is 30.3 Å². The lowest BCUT2D eigenvalue weighted by Gasteiger charge is -2.54. The number of benzene rings is 1. The van der Waals surface area contributed by atoms with Gasteiger partial charge < -0.3 is 20.6 Å². The van der Waals surface area contributed by atoms with Crippen LogP contribution >= 0.6 is 0 Å². The van der Waals surface area contributed by atoms with Gasteiger partial charge in [0, 0.05) is 24.9 Å². The standard InChI is InChI=1S/C24H28F2N4O4/c1-23(34,15-5-3-2-4-6-15)22(33)30-17-7-8-18(24(25,26)12-17)19(30)21(32)29-16(13-27)11-14-9-10-28-20(14)31/h2-6,14,16-19,34H,7-12H2,1H3,(H,28,31)(H,29,32)/t14-,16+,17-,18-,19-,23+/m1/s1. The Morgan fingerprint density at radius 3 is 2.62 bits per heavy atom. The second-order valence-electron chi connectivity index (χ2n) is 9.60. The first-order chi connectivity index (χ1) is 16.1. The van der Waals surface area contributed by atoms with E-state index < -0.39 is 59.7 Å². The third-order valence-corrected chi connectivity index (χ3v) is 7.35. The number of nitrogens with one attached hydrogen (secondary N) is 2. The van der Waals surface area contributed by atoms with Crippen LogP contribution in [0, 0.1) is 23.2 Å². The summed E-state index contributed by atoms with van der Waals surface area (Å²) in [6.45, 7) is 1.77. The summed E-state index contributed by atoms with van der Waals surface area (Å²) < 4.78 is 29.7. The number of fused-ring (bicyclic) bond motifs is 3. The van der Waals surface area contributed by atoms with Gasteiger partial charge in [-0.3, -0.25) is 14.4 Å². The molecule has 0 unspecified atom stereocenters. The van der Waals surface area contributed by atoms with Crippen LogP contribution in [0.15, 0.2) is 30.3 Å². The fourth-order valence-corrected chi connectivity index (χ4v) is 5.49. The first-order valence-electron chi connectivity index (χ1n) is 11.5. The van der Waals surface area contributed by atoms with Crippen LogP contribution in [0.4, 0.5) is 8.78 Å². The topological polar surface area (TPSA) is 123 Å². The highest BCUT2D eigenvalue weighted by atomic mass is 19.3. The van der Waals surface area contributed by atoms with Crippen LogP contribution in [0.5, 0.6) is 0 Å². The lowest BCUT2D eigenvalue weighted by atomic mass is 9.70. The number of aliphatic hydroxyl groups is 1. The Labute approximate surface area is 196 Å². The van der Waals surface area contributed by atoms with E-state index in [1.54, 1.807) is 30.3 Å². The van der Waals surface area contributed by atoms with Crippen LogP contribution < -0.4 is 10.6 Å². The molecule has 3 heterocycles. The number of hydrogen-bond acceptors (Lipinski definition) is 5. The van der Waals surface area contributed by atoms with Crippen molar-refractivity contribution >= 4 is 17.7 Å². The Morgan fingerprint density at radius 1 is 1.32 bits per heavy atom. The van der Waals surface area contributed by atoms with E-state index in [-0.39, 0.29) is 24.3 Å². The maximum Gasteiger partial charge on any atom is 0.259 e. The van der Waals surface area contributed by atoms with E-state index >= 15 is 0 Å². The van der Waals surface area contributed by atoms with Gasteiger partial charge in [-0.15, -0.1) is 0 Å².